The van der Waals surface area contributed by atoms with Gasteiger partial charge in [0.15, 0.2) is 0 Å². The van der Waals surface area contributed by atoms with E-state index in [-0.39, 0.29) is 12.0 Å². The molecule has 5 aromatic rings. The normalized spacial score (nSPS) is 21.0. The highest BCUT2D eigenvalue weighted by atomic mass is 28.3. The van der Waals surface area contributed by atoms with Crippen molar-refractivity contribution in [2.24, 2.45) is 0 Å². The van der Waals surface area contributed by atoms with Gasteiger partial charge in [-0.15, -0.1) is 0 Å². The molecule has 2 aromatic heterocycles. The number of furan rings is 1. The molecule has 0 spiro atoms. The molecule has 3 aromatic carbocycles. The third-order valence-electron chi connectivity index (χ3n) is 9.77. The molecule has 5 heteroatoms. The summed E-state index contributed by atoms with van der Waals surface area (Å²) < 4.78 is 6.63. The van der Waals surface area contributed by atoms with Gasteiger partial charge in [-0.2, -0.15) is 0 Å². The van der Waals surface area contributed by atoms with Crippen molar-refractivity contribution in [3.63, 3.8) is 0 Å². The Hall–Kier alpha value is -4.22. The fourth-order valence-corrected chi connectivity index (χ4v) is 10.8. The Balaban J connectivity index is 1.32. The van der Waals surface area contributed by atoms with Gasteiger partial charge >= 0.3 is 0 Å². The zero-order valence-electron chi connectivity index (χ0n) is 23.4. The first kappa shape index (κ1) is 23.5. The van der Waals surface area contributed by atoms with E-state index in [1.165, 1.54) is 43.8 Å². The Bertz CT molecular complexity index is 1950. The molecular weight excluding hydrogens is 519 g/mol. The number of benzene rings is 3. The number of aromatic nitrogens is 2. The van der Waals surface area contributed by atoms with Gasteiger partial charge in [-0.3, -0.25) is 0 Å². The molecule has 0 amide bonds. The molecule has 0 N–H and O–H groups in total. The quantitative estimate of drug-likeness (QED) is 0.168. The molecule has 9 rings (SSSR count). The van der Waals surface area contributed by atoms with Gasteiger partial charge in [0, 0.05) is 44.9 Å². The van der Waals surface area contributed by atoms with Crippen LogP contribution in [0.25, 0.3) is 39.4 Å². The van der Waals surface area contributed by atoms with Crippen LogP contribution in [0.3, 0.4) is 0 Å². The third-order valence-corrected chi connectivity index (χ3v) is 13.1. The van der Waals surface area contributed by atoms with Gasteiger partial charge in [-0.1, -0.05) is 85.9 Å². The van der Waals surface area contributed by atoms with Crippen molar-refractivity contribution in [3.8, 4) is 22.4 Å². The van der Waals surface area contributed by atoms with E-state index in [9.17, 15) is 0 Å². The fourth-order valence-electron chi connectivity index (χ4n) is 7.86. The Morgan fingerprint density at radius 2 is 1.76 bits per heavy atom. The molecule has 0 bridgehead atoms. The maximum Gasteiger partial charge on any atom is 0.230 e. The summed E-state index contributed by atoms with van der Waals surface area (Å²) in [4.78, 5) is 13.5. The molecule has 2 unspecified atom stereocenters. The maximum absolute atomic E-state index is 6.63. The second-order valence-corrected chi connectivity index (χ2v) is 16.6. The van der Waals surface area contributed by atoms with Crippen LogP contribution >= 0.6 is 0 Å². The minimum Gasteiger partial charge on any atom is -0.456 e. The summed E-state index contributed by atoms with van der Waals surface area (Å²) in [5.41, 5.74) is 9.63. The van der Waals surface area contributed by atoms with E-state index in [0.717, 1.165) is 54.2 Å². The van der Waals surface area contributed by atoms with Crippen molar-refractivity contribution in [1.29, 1.82) is 0 Å². The van der Waals surface area contributed by atoms with Gasteiger partial charge in [0.25, 0.3) is 0 Å². The average molecular weight is 550 g/mol. The monoisotopic (exact) mass is 549 g/mol. The van der Waals surface area contributed by atoms with E-state index in [4.69, 9.17) is 14.4 Å². The van der Waals surface area contributed by atoms with E-state index in [0.29, 0.717) is 0 Å². The summed E-state index contributed by atoms with van der Waals surface area (Å²) >= 11 is 0. The van der Waals surface area contributed by atoms with Gasteiger partial charge in [0.05, 0.1) is 11.4 Å². The van der Waals surface area contributed by atoms with Gasteiger partial charge in [0.1, 0.15) is 19.4 Å². The number of aryl methyl sites for hydroxylation is 1. The SMILES string of the molecule is C[Si]1(C)c2ccccc2-c2c(-c3ccccc3)nc(N3c4ccc5c6c(oc5c4C4C=CCCC43)C=CCC6)nc21. The van der Waals surface area contributed by atoms with Crippen LogP contribution in [0, 0.1) is 0 Å². The van der Waals surface area contributed by atoms with Crippen LogP contribution in [0.5, 0.6) is 0 Å². The van der Waals surface area contributed by atoms with E-state index in [1.807, 2.05) is 0 Å². The second kappa shape index (κ2) is 8.40. The van der Waals surface area contributed by atoms with Crippen LogP contribution in [0.4, 0.5) is 11.6 Å². The van der Waals surface area contributed by atoms with E-state index in [1.54, 1.807) is 0 Å². The third kappa shape index (κ3) is 3.15. The highest BCUT2D eigenvalue weighted by Crippen LogP contribution is 2.52. The number of anilines is 2. The van der Waals surface area contributed by atoms with Crippen molar-refractivity contribution < 1.29 is 4.42 Å². The fraction of sp³-hybridized carbons (Fsp3) is 0.222. The first-order valence-corrected chi connectivity index (χ1v) is 17.9. The second-order valence-electron chi connectivity index (χ2n) is 12.4. The van der Waals surface area contributed by atoms with Gasteiger partial charge in [-0.25, -0.2) is 9.97 Å². The zero-order valence-corrected chi connectivity index (χ0v) is 24.4. The van der Waals surface area contributed by atoms with Crippen LogP contribution in [0.15, 0.2) is 89.4 Å². The summed E-state index contributed by atoms with van der Waals surface area (Å²) in [5, 5.41) is 3.97. The van der Waals surface area contributed by atoms with Gasteiger partial charge in [-0.05, 0) is 54.6 Å². The van der Waals surface area contributed by atoms with Crippen molar-refractivity contribution in [1.82, 2.24) is 9.97 Å². The number of rotatable bonds is 2. The topological polar surface area (TPSA) is 42.2 Å². The molecule has 0 fully saturated rings. The number of fused-ring (bicyclic) bond motifs is 10. The summed E-state index contributed by atoms with van der Waals surface area (Å²) in [6, 6.07) is 24.5. The highest BCUT2D eigenvalue weighted by Gasteiger charge is 2.46. The van der Waals surface area contributed by atoms with Crippen LogP contribution in [0.1, 0.15) is 42.1 Å². The number of hydrogen-bond acceptors (Lipinski definition) is 4. The molecule has 0 saturated carbocycles. The summed E-state index contributed by atoms with van der Waals surface area (Å²) in [5.74, 6) is 2.12. The first-order chi connectivity index (χ1) is 20.1. The summed E-state index contributed by atoms with van der Waals surface area (Å²) in [6.07, 6.45) is 13.4. The Labute approximate surface area is 241 Å². The molecule has 2 atom stereocenters. The molecule has 2 aliphatic heterocycles. The zero-order chi connectivity index (χ0) is 27.3. The maximum atomic E-state index is 6.63. The predicted octanol–water partition coefficient (Wildman–Crippen LogP) is 7.61. The van der Waals surface area contributed by atoms with Gasteiger partial charge in [0.2, 0.25) is 5.95 Å². The van der Waals surface area contributed by atoms with E-state index >= 15 is 0 Å². The number of allylic oxidation sites excluding steroid dienone is 2. The van der Waals surface area contributed by atoms with Crippen molar-refractivity contribution in [2.45, 2.75) is 50.7 Å². The molecule has 0 radical (unpaired) electrons. The van der Waals surface area contributed by atoms with E-state index in [2.05, 4.69) is 109 Å². The lowest BCUT2D eigenvalue weighted by Crippen LogP contribution is -2.51. The molecule has 200 valence electrons. The Morgan fingerprint density at radius 1 is 0.902 bits per heavy atom. The molecule has 0 saturated heterocycles. The van der Waals surface area contributed by atoms with E-state index < -0.39 is 8.07 Å². The van der Waals surface area contributed by atoms with Gasteiger partial charge < -0.3 is 9.32 Å². The van der Waals surface area contributed by atoms with Crippen LogP contribution in [-0.2, 0) is 6.42 Å². The lowest BCUT2D eigenvalue weighted by molar-refractivity contribution is 0.550. The molecule has 2 aliphatic carbocycles. The summed E-state index contributed by atoms with van der Waals surface area (Å²) in [7, 11) is -2.03. The average Bonchev–Trinajstić information content (AvgIpc) is 3.63. The molecule has 41 heavy (non-hydrogen) atoms. The smallest absolute Gasteiger partial charge is 0.230 e. The van der Waals surface area contributed by atoms with Crippen molar-refractivity contribution in [2.75, 3.05) is 4.90 Å². The number of nitrogens with zero attached hydrogens (tertiary/aromatic N) is 3. The molecular formula is C36H31N3OSi. The Kier molecular flexibility index (Phi) is 4.81. The van der Waals surface area contributed by atoms with Crippen molar-refractivity contribution >= 4 is 47.3 Å². The predicted molar refractivity (Wildman–Crippen MR) is 170 cm³/mol. The summed E-state index contributed by atoms with van der Waals surface area (Å²) in [6.45, 7) is 4.88. The van der Waals surface area contributed by atoms with Crippen LogP contribution < -0.4 is 15.4 Å². The molecule has 4 aliphatic rings. The molecule has 4 nitrogen and oxygen atoms in total. The minimum absolute atomic E-state index is 0.263. The van der Waals surface area contributed by atoms with Crippen LogP contribution in [-0.4, -0.2) is 24.1 Å². The lowest BCUT2D eigenvalue weighted by atomic mass is 9.86. The first-order valence-electron chi connectivity index (χ1n) is 14.9. The number of hydrogen-bond donors (Lipinski definition) is 0. The van der Waals surface area contributed by atoms with Crippen molar-refractivity contribution in [3.05, 3.63) is 102 Å². The lowest BCUT2D eigenvalue weighted by Gasteiger charge is -2.31. The van der Waals surface area contributed by atoms with Crippen LogP contribution in [0.2, 0.25) is 13.1 Å². The largest absolute Gasteiger partial charge is 0.456 e. The minimum atomic E-state index is -2.03. The Morgan fingerprint density at radius 3 is 2.66 bits per heavy atom. The molecule has 4 heterocycles. The highest BCUT2D eigenvalue weighted by molar-refractivity contribution is 7.03. The standard InChI is InChI=1S/C36H31N3OSi/c1-41(2)30-19-11-8-16-26(30)32-33(22-12-4-3-5-13-22)37-36(38-35(32)41)39-27-17-9-6-15-25(27)31-28(39)21-20-24-23-14-7-10-18-29(23)40-34(24)31/h3-6,8,10-13,15-16,18-21,25,27H,7,9,14,17H2,1-2H3.